The van der Waals surface area contributed by atoms with Gasteiger partial charge in [-0.05, 0) is 51.0 Å². The molecule has 0 spiro atoms. The molecule has 2 atom stereocenters. The molecule has 1 saturated heterocycles. The van der Waals surface area contributed by atoms with E-state index in [0.29, 0.717) is 30.3 Å². The number of likely N-dealkylation sites (tertiary alicyclic amines) is 1. The SMILES string of the molecule is CCOc1ccccc1C(=O)N1CCC[C@H](Nc2ccc(C(F)(F)F)cn2)[C@@H]1C. The zero-order valence-electron chi connectivity index (χ0n) is 16.4. The number of ether oxygens (including phenoxy) is 1. The Balaban J connectivity index is 1.73. The van der Waals surface area contributed by atoms with Crippen LogP contribution in [0.15, 0.2) is 42.6 Å². The Hall–Kier alpha value is -2.77. The number of carbonyl (C=O) groups is 1. The highest BCUT2D eigenvalue weighted by Crippen LogP contribution is 2.30. The minimum atomic E-state index is -4.42. The van der Waals surface area contributed by atoms with Gasteiger partial charge in [0, 0.05) is 24.8 Å². The summed E-state index contributed by atoms with van der Waals surface area (Å²) in [7, 11) is 0. The Labute approximate surface area is 167 Å². The van der Waals surface area contributed by atoms with E-state index in [-0.39, 0.29) is 18.0 Å². The molecular formula is C21H24F3N3O2. The topological polar surface area (TPSA) is 54.5 Å². The van der Waals surface area contributed by atoms with Crippen LogP contribution in [0.5, 0.6) is 5.75 Å². The lowest BCUT2D eigenvalue weighted by Crippen LogP contribution is -2.52. The van der Waals surface area contributed by atoms with Crippen molar-refractivity contribution in [2.45, 2.75) is 44.9 Å². The average Bonchev–Trinajstić information content (AvgIpc) is 2.69. The van der Waals surface area contributed by atoms with Gasteiger partial charge in [-0.1, -0.05) is 12.1 Å². The van der Waals surface area contributed by atoms with Gasteiger partial charge in [-0.25, -0.2) is 4.98 Å². The molecule has 0 radical (unpaired) electrons. The minimum absolute atomic E-state index is 0.115. The largest absolute Gasteiger partial charge is 0.493 e. The molecule has 1 fully saturated rings. The van der Waals surface area contributed by atoms with Gasteiger partial charge in [-0.3, -0.25) is 4.79 Å². The van der Waals surface area contributed by atoms with Crippen molar-refractivity contribution in [1.82, 2.24) is 9.88 Å². The third kappa shape index (κ3) is 4.81. The Morgan fingerprint density at radius 1 is 1.28 bits per heavy atom. The van der Waals surface area contributed by atoms with Gasteiger partial charge in [0.1, 0.15) is 11.6 Å². The van der Waals surface area contributed by atoms with Crippen LogP contribution in [0, 0.1) is 0 Å². The standard InChI is InChI=1S/C21H24F3N3O2/c1-3-29-18-9-5-4-7-16(18)20(28)27-12-6-8-17(14(27)2)26-19-11-10-15(13-25-19)21(22,23)24/h4-5,7,9-11,13-14,17H,3,6,8,12H2,1-2H3,(H,25,26)/t14-,17-/m0/s1. The maximum Gasteiger partial charge on any atom is 0.417 e. The summed E-state index contributed by atoms with van der Waals surface area (Å²) in [6.45, 7) is 4.87. The molecule has 2 aromatic rings. The maximum absolute atomic E-state index is 13.1. The Bertz CT molecular complexity index is 840. The summed E-state index contributed by atoms with van der Waals surface area (Å²) in [4.78, 5) is 18.8. The molecule has 1 amide bonds. The van der Waals surface area contributed by atoms with E-state index < -0.39 is 11.7 Å². The van der Waals surface area contributed by atoms with E-state index in [4.69, 9.17) is 4.74 Å². The van der Waals surface area contributed by atoms with Crippen molar-refractivity contribution in [2.24, 2.45) is 0 Å². The molecule has 0 aliphatic carbocycles. The zero-order valence-corrected chi connectivity index (χ0v) is 16.4. The third-order valence-corrected chi connectivity index (χ3v) is 5.09. The van der Waals surface area contributed by atoms with Crippen molar-refractivity contribution in [3.05, 3.63) is 53.7 Å². The first kappa shape index (κ1) is 21.0. The molecule has 29 heavy (non-hydrogen) atoms. The van der Waals surface area contributed by atoms with Gasteiger partial charge >= 0.3 is 6.18 Å². The van der Waals surface area contributed by atoms with E-state index >= 15 is 0 Å². The van der Waals surface area contributed by atoms with Gasteiger partial charge in [-0.15, -0.1) is 0 Å². The minimum Gasteiger partial charge on any atom is -0.493 e. The van der Waals surface area contributed by atoms with Gasteiger partial charge < -0.3 is 15.0 Å². The van der Waals surface area contributed by atoms with E-state index in [2.05, 4.69) is 10.3 Å². The number of piperidine rings is 1. The van der Waals surface area contributed by atoms with Gasteiger partial charge in [0.2, 0.25) is 0 Å². The number of rotatable bonds is 5. The van der Waals surface area contributed by atoms with Crippen LogP contribution in [0.1, 0.15) is 42.6 Å². The molecule has 1 aromatic heterocycles. The summed E-state index contributed by atoms with van der Waals surface area (Å²) in [5.41, 5.74) is -0.279. The Kier molecular flexibility index (Phi) is 6.30. The van der Waals surface area contributed by atoms with Crippen molar-refractivity contribution in [3.8, 4) is 5.75 Å². The molecule has 2 heterocycles. The summed E-state index contributed by atoms with van der Waals surface area (Å²) in [6.07, 6.45) is -2.02. The highest BCUT2D eigenvalue weighted by atomic mass is 19.4. The summed E-state index contributed by atoms with van der Waals surface area (Å²) in [5, 5.41) is 3.18. The fourth-order valence-corrected chi connectivity index (χ4v) is 3.54. The van der Waals surface area contributed by atoms with Crippen LogP contribution in [0.4, 0.5) is 19.0 Å². The normalized spacial score (nSPS) is 19.7. The van der Waals surface area contributed by atoms with Crippen molar-refractivity contribution < 1.29 is 22.7 Å². The summed E-state index contributed by atoms with van der Waals surface area (Å²) in [6, 6.07) is 9.19. The Morgan fingerprint density at radius 2 is 2.03 bits per heavy atom. The van der Waals surface area contributed by atoms with Gasteiger partial charge in [0.15, 0.2) is 0 Å². The lowest BCUT2D eigenvalue weighted by Gasteiger charge is -2.40. The van der Waals surface area contributed by atoms with Gasteiger partial charge in [0.25, 0.3) is 5.91 Å². The summed E-state index contributed by atoms with van der Waals surface area (Å²) >= 11 is 0. The molecule has 1 aliphatic heterocycles. The fourth-order valence-electron chi connectivity index (χ4n) is 3.54. The van der Waals surface area contributed by atoms with Crippen molar-refractivity contribution in [3.63, 3.8) is 0 Å². The number of pyridine rings is 1. The number of nitrogens with zero attached hydrogens (tertiary/aromatic N) is 2. The monoisotopic (exact) mass is 407 g/mol. The number of carbonyl (C=O) groups excluding carboxylic acids is 1. The van der Waals surface area contributed by atoms with Crippen LogP contribution in [0.2, 0.25) is 0 Å². The predicted octanol–water partition coefficient (Wildman–Crippen LogP) is 4.60. The number of halogens is 3. The number of alkyl halides is 3. The van der Waals surface area contributed by atoms with E-state index in [1.54, 1.807) is 23.1 Å². The molecule has 5 nitrogen and oxygen atoms in total. The van der Waals surface area contributed by atoms with Crippen LogP contribution in [0.3, 0.4) is 0 Å². The highest BCUT2D eigenvalue weighted by molar-refractivity contribution is 5.97. The van der Waals surface area contributed by atoms with Crippen molar-refractivity contribution in [1.29, 1.82) is 0 Å². The molecule has 0 unspecified atom stereocenters. The van der Waals surface area contributed by atoms with E-state index in [0.717, 1.165) is 25.1 Å². The number of aromatic nitrogens is 1. The van der Waals surface area contributed by atoms with Crippen molar-refractivity contribution in [2.75, 3.05) is 18.5 Å². The number of hydrogen-bond acceptors (Lipinski definition) is 4. The van der Waals surface area contributed by atoms with Gasteiger partial charge in [-0.2, -0.15) is 13.2 Å². The molecular weight excluding hydrogens is 383 g/mol. The molecule has 0 bridgehead atoms. The molecule has 8 heteroatoms. The second-order valence-electron chi connectivity index (χ2n) is 6.99. The number of nitrogens with one attached hydrogen (secondary N) is 1. The number of hydrogen-bond donors (Lipinski definition) is 1. The quantitative estimate of drug-likeness (QED) is 0.787. The number of anilines is 1. The van der Waals surface area contributed by atoms with Crippen molar-refractivity contribution >= 4 is 11.7 Å². The van der Waals surface area contributed by atoms with Crippen LogP contribution >= 0.6 is 0 Å². The maximum atomic E-state index is 13.1. The molecule has 3 rings (SSSR count). The zero-order chi connectivity index (χ0) is 21.0. The highest BCUT2D eigenvalue weighted by Gasteiger charge is 2.33. The molecule has 1 aliphatic rings. The van der Waals surface area contributed by atoms with E-state index in [1.807, 2.05) is 19.9 Å². The second-order valence-corrected chi connectivity index (χ2v) is 6.99. The van der Waals surface area contributed by atoms with Crippen LogP contribution in [-0.2, 0) is 6.18 Å². The number of benzene rings is 1. The molecule has 0 saturated carbocycles. The Morgan fingerprint density at radius 3 is 2.69 bits per heavy atom. The van der Waals surface area contributed by atoms with Crippen LogP contribution in [0.25, 0.3) is 0 Å². The molecule has 1 N–H and O–H groups in total. The first-order valence-corrected chi connectivity index (χ1v) is 9.64. The predicted molar refractivity (Wildman–Crippen MR) is 104 cm³/mol. The first-order valence-electron chi connectivity index (χ1n) is 9.64. The average molecular weight is 407 g/mol. The van der Waals surface area contributed by atoms with E-state index in [9.17, 15) is 18.0 Å². The van der Waals surface area contributed by atoms with E-state index in [1.165, 1.54) is 6.07 Å². The number of amides is 1. The summed E-state index contributed by atoms with van der Waals surface area (Å²) < 4.78 is 43.7. The van der Waals surface area contributed by atoms with Gasteiger partial charge in [0.05, 0.1) is 17.7 Å². The molecule has 156 valence electrons. The molecule has 1 aromatic carbocycles. The lowest BCUT2D eigenvalue weighted by atomic mass is 9.96. The second kappa shape index (κ2) is 8.71. The van der Waals surface area contributed by atoms with Crippen LogP contribution < -0.4 is 10.1 Å². The van der Waals surface area contributed by atoms with Crippen LogP contribution in [-0.4, -0.2) is 41.0 Å². The summed E-state index contributed by atoms with van der Waals surface area (Å²) in [5.74, 6) is 0.791. The fraction of sp³-hybridized carbons (Fsp3) is 0.429. The number of para-hydroxylation sites is 1. The first-order chi connectivity index (χ1) is 13.8. The lowest BCUT2D eigenvalue weighted by molar-refractivity contribution is -0.137. The smallest absolute Gasteiger partial charge is 0.417 e. The third-order valence-electron chi connectivity index (χ3n) is 5.09.